The van der Waals surface area contributed by atoms with Crippen molar-refractivity contribution in [2.24, 2.45) is 0 Å². The molecule has 0 aliphatic carbocycles. The summed E-state index contributed by atoms with van der Waals surface area (Å²) in [6, 6.07) is 18.4. The van der Waals surface area contributed by atoms with Gasteiger partial charge < -0.3 is 4.18 Å². The Morgan fingerprint density at radius 3 is 1.75 bits per heavy atom. The summed E-state index contributed by atoms with van der Waals surface area (Å²) in [5, 5.41) is 2.80. The van der Waals surface area contributed by atoms with Crippen molar-refractivity contribution >= 4 is 31.3 Å². The SMILES string of the molecule is CCc1ccc(C)c2ccccc12.CCc1cccc(C)c1OS(=O)(=O)O.CS(=O)(=O)O. The first kappa shape index (κ1) is 27.6. The fourth-order valence-corrected chi connectivity index (χ4v) is 3.49. The third kappa shape index (κ3) is 9.78. The Kier molecular flexibility index (Phi) is 10.3. The molecule has 0 aliphatic heterocycles. The van der Waals surface area contributed by atoms with Gasteiger partial charge in [-0.1, -0.05) is 68.4 Å². The molecule has 0 amide bonds. The van der Waals surface area contributed by atoms with Gasteiger partial charge in [-0.15, -0.1) is 0 Å². The topological polar surface area (TPSA) is 118 Å². The van der Waals surface area contributed by atoms with Gasteiger partial charge in [0.05, 0.1) is 6.26 Å². The van der Waals surface area contributed by atoms with Crippen molar-refractivity contribution in [2.75, 3.05) is 6.26 Å². The summed E-state index contributed by atoms with van der Waals surface area (Å²) < 4.78 is 60.0. The summed E-state index contributed by atoms with van der Waals surface area (Å²) in [5.41, 5.74) is 4.25. The first-order valence-corrected chi connectivity index (χ1v) is 13.1. The molecular formula is C23H30O7S2. The Labute approximate surface area is 190 Å². The molecule has 3 rings (SSSR count). The van der Waals surface area contributed by atoms with Crippen LogP contribution in [-0.4, -0.2) is 32.2 Å². The number of fused-ring (bicyclic) bond motifs is 1. The fraction of sp³-hybridized carbons (Fsp3) is 0.304. The molecule has 0 heterocycles. The van der Waals surface area contributed by atoms with Gasteiger partial charge in [-0.25, -0.2) is 0 Å². The van der Waals surface area contributed by atoms with E-state index in [9.17, 15) is 16.8 Å². The number of para-hydroxylation sites is 1. The number of benzene rings is 3. The predicted molar refractivity (Wildman–Crippen MR) is 128 cm³/mol. The minimum atomic E-state index is -4.43. The van der Waals surface area contributed by atoms with Crippen molar-refractivity contribution in [1.29, 1.82) is 0 Å². The zero-order valence-corrected chi connectivity index (χ0v) is 20.5. The molecule has 9 heteroatoms. The van der Waals surface area contributed by atoms with Crippen molar-refractivity contribution in [3.05, 3.63) is 76.9 Å². The highest BCUT2D eigenvalue weighted by Crippen LogP contribution is 2.25. The third-order valence-corrected chi connectivity index (χ3v) is 4.85. The van der Waals surface area contributed by atoms with Crippen LogP contribution in [0, 0.1) is 13.8 Å². The van der Waals surface area contributed by atoms with E-state index in [1.807, 2.05) is 13.0 Å². The highest BCUT2D eigenvalue weighted by atomic mass is 32.3. The lowest BCUT2D eigenvalue weighted by Crippen LogP contribution is -2.09. The largest absolute Gasteiger partial charge is 0.446 e. The van der Waals surface area contributed by atoms with E-state index in [0.29, 0.717) is 18.2 Å². The molecule has 3 aromatic carbocycles. The van der Waals surface area contributed by atoms with Crippen LogP contribution in [0.4, 0.5) is 0 Å². The molecule has 3 aromatic rings. The molecule has 0 radical (unpaired) electrons. The quantitative estimate of drug-likeness (QED) is 0.505. The van der Waals surface area contributed by atoms with Crippen LogP contribution in [-0.2, 0) is 33.4 Å². The molecule has 0 unspecified atom stereocenters. The van der Waals surface area contributed by atoms with E-state index in [-0.39, 0.29) is 5.75 Å². The van der Waals surface area contributed by atoms with Gasteiger partial charge in [-0.2, -0.15) is 16.8 Å². The van der Waals surface area contributed by atoms with Crippen molar-refractivity contribution in [1.82, 2.24) is 0 Å². The van der Waals surface area contributed by atoms with E-state index >= 15 is 0 Å². The van der Waals surface area contributed by atoms with Crippen molar-refractivity contribution in [3.63, 3.8) is 0 Å². The molecule has 0 saturated carbocycles. The maximum atomic E-state index is 10.6. The van der Waals surface area contributed by atoms with Crippen LogP contribution in [0.25, 0.3) is 10.8 Å². The van der Waals surface area contributed by atoms with Gasteiger partial charge in [0.2, 0.25) is 0 Å². The summed E-state index contributed by atoms with van der Waals surface area (Å²) in [7, 11) is -8.10. The maximum Gasteiger partial charge on any atom is 0.446 e. The molecule has 0 spiro atoms. The van der Waals surface area contributed by atoms with Crippen molar-refractivity contribution in [3.8, 4) is 5.75 Å². The molecule has 7 nitrogen and oxygen atoms in total. The van der Waals surface area contributed by atoms with Gasteiger partial charge in [-0.3, -0.25) is 9.11 Å². The zero-order chi connectivity index (χ0) is 24.5. The number of hydrogen-bond donors (Lipinski definition) is 2. The van der Waals surface area contributed by atoms with Crippen molar-refractivity contribution < 1.29 is 30.1 Å². The van der Waals surface area contributed by atoms with Gasteiger partial charge in [0.15, 0.2) is 5.75 Å². The Hall–Kier alpha value is -2.46. The summed E-state index contributed by atoms with van der Waals surface area (Å²) >= 11 is 0. The van der Waals surface area contributed by atoms with E-state index in [0.717, 1.165) is 12.0 Å². The molecule has 0 bridgehead atoms. The van der Waals surface area contributed by atoms with Gasteiger partial charge in [-0.05, 0) is 59.7 Å². The number of rotatable bonds is 4. The highest BCUT2D eigenvalue weighted by Gasteiger charge is 2.12. The predicted octanol–water partition coefficient (Wildman–Crippen LogP) is 4.95. The third-order valence-electron chi connectivity index (χ3n) is 4.48. The maximum absolute atomic E-state index is 10.6. The second-order valence-corrected chi connectivity index (χ2v) is 9.59. The molecule has 0 saturated heterocycles. The van der Waals surface area contributed by atoms with Crippen LogP contribution in [0.2, 0.25) is 0 Å². The fourth-order valence-electron chi connectivity index (χ4n) is 3.04. The Balaban J connectivity index is 0.000000266. The minimum Gasteiger partial charge on any atom is -0.361 e. The molecular weight excluding hydrogens is 452 g/mol. The Morgan fingerprint density at radius 2 is 1.25 bits per heavy atom. The average Bonchev–Trinajstić information content (AvgIpc) is 2.68. The van der Waals surface area contributed by atoms with Crippen LogP contribution in [0.1, 0.15) is 36.1 Å². The first-order valence-electron chi connectivity index (χ1n) is 9.91. The van der Waals surface area contributed by atoms with Crippen molar-refractivity contribution in [2.45, 2.75) is 40.5 Å². The Bertz CT molecular complexity index is 1240. The standard InChI is InChI=1S/C13H14.C9H12O4S.CH4O3S/c1-3-11-9-8-10(2)12-6-4-5-7-13(11)12;1-3-8-6-4-5-7(2)9(8)13-14(10,11)12;1-5(2,3)4/h4-9H,3H2,1-2H3;4-6H,3H2,1-2H3,(H,10,11,12);1H3,(H,2,3,4). The van der Waals surface area contributed by atoms with E-state index in [1.165, 1.54) is 21.9 Å². The second-order valence-electron chi connectivity index (χ2n) is 7.10. The monoisotopic (exact) mass is 482 g/mol. The summed E-state index contributed by atoms with van der Waals surface area (Å²) in [6.45, 7) is 7.98. The molecule has 0 fully saturated rings. The Morgan fingerprint density at radius 1 is 0.719 bits per heavy atom. The first-order chi connectivity index (χ1) is 14.8. The number of aryl methyl sites for hydroxylation is 4. The van der Waals surface area contributed by atoms with Crippen LogP contribution >= 0.6 is 0 Å². The van der Waals surface area contributed by atoms with E-state index < -0.39 is 20.5 Å². The molecule has 176 valence electrons. The molecule has 32 heavy (non-hydrogen) atoms. The summed E-state index contributed by atoms with van der Waals surface area (Å²) in [5.74, 6) is 0.220. The lowest BCUT2D eigenvalue weighted by molar-refractivity contribution is 0.384. The van der Waals surface area contributed by atoms with Gasteiger partial charge in [0, 0.05) is 0 Å². The normalized spacial score (nSPS) is 11.1. The lowest BCUT2D eigenvalue weighted by Gasteiger charge is -2.09. The van der Waals surface area contributed by atoms with Gasteiger partial charge >= 0.3 is 10.4 Å². The van der Waals surface area contributed by atoms with Crippen LogP contribution in [0.5, 0.6) is 5.75 Å². The van der Waals surface area contributed by atoms with E-state index in [2.05, 4.69) is 54.4 Å². The molecule has 2 N–H and O–H groups in total. The van der Waals surface area contributed by atoms with E-state index in [4.69, 9.17) is 9.11 Å². The molecule has 0 aromatic heterocycles. The smallest absolute Gasteiger partial charge is 0.361 e. The van der Waals surface area contributed by atoms with Crippen LogP contribution < -0.4 is 4.18 Å². The summed E-state index contributed by atoms with van der Waals surface area (Å²) in [6.07, 6.45) is 2.47. The minimum absolute atomic E-state index is 0.220. The second kappa shape index (κ2) is 12.0. The molecule has 0 atom stereocenters. The van der Waals surface area contributed by atoms with Gasteiger partial charge in [0.1, 0.15) is 0 Å². The molecule has 0 aliphatic rings. The summed E-state index contributed by atoms with van der Waals surface area (Å²) in [4.78, 5) is 0. The zero-order valence-electron chi connectivity index (χ0n) is 18.9. The lowest BCUT2D eigenvalue weighted by atomic mass is 9.99. The van der Waals surface area contributed by atoms with Crippen LogP contribution in [0.3, 0.4) is 0 Å². The van der Waals surface area contributed by atoms with Gasteiger partial charge in [0.25, 0.3) is 10.1 Å². The average molecular weight is 483 g/mol. The van der Waals surface area contributed by atoms with E-state index in [1.54, 1.807) is 19.1 Å². The van der Waals surface area contributed by atoms with Crippen LogP contribution in [0.15, 0.2) is 54.6 Å². The number of hydrogen-bond acceptors (Lipinski definition) is 5. The highest BCUT2D eigenvalue weighted by molar-refractivity contribution is 7.85.